The smallest absolute Gasteiger partial charge is 0.855 e. The van der Waals surface area contributed by atoms with Gasteiger partial charge in [-0.1, -0.05) is 0 Å². The molecule has 0 aromatic heterocycles. The molecule has 9 heteroatoms. The summed E-state index contributed by atoms with van der Waals surface area (Å²) in [5, 5.41) is 19.9. The maximum absolute atomic E-state index is 10.2. The van der Waals surface area contributed by atoms with Crippen molar-refractivity contribution in [3.63, 3.8) is 0 Å². The molecule has 0 saturated heterocycles. The van der Waals surface area contributed by atoms with E-state index in [0.717, 1.165) is 0 Å². The first-order valence-corrected chi connectivity index (χ1v) is 3.92. The summed E-state index contributed by atoms with van der Waals surface area (Å²) in [6.45, 7) is -1.69. The Balaban J connectivity index is -0.000000405. The SMILES string of the molecule is O=P(O)(O)OCC([O-])C[O-].[Na+].[Na+]. The molecular formula is C3H7Na2O6P. The molecule has 0 bridgehead atoms. The van der Waals surface area contributed by atoms with Crippen molar-refractivity contribution in [2.45, 2.75) is 6.10 Å². The zero-order valence-electron chi connectivity index (χ0n) is 6.97. The number of hydrogen-bond donors (Lipinski definition) is 2. The van der Waals surface area contributed by atoms with Gasteiger partial charge < -0.3 is 20.0 Å². The van der Waals surface area contributed by atoms with Gasteiger partial charge in [-0.2, -0.15) is 6.61 Å². The summed E-state index contributed by atoms with van der Waals surface area (Å²) in [4.78, 5) is 16.0. The van der Waals surface area contributed by atoms with E-state index in [1.807, 2.05) is 0 Å². The van der Waals surface area contributed by atoms with Crippen molar-refractivity contribution in [1.82, 2.24) is 0 Å². The second-order valence-electron chi connectivity index (χ2n) is 1.58. The Morgan fingerprint density at radius 2 is 1.83 bits per heavy atom. The van der Waals surface area contributed by atoms with Gasteiger partial charge >= 0.3 is 66.9 Å². The van der Waals surface area contributed by atoms with E-state index in [-0.39, 0.29) is 59.1 Å². The standard InChI is InChI=1S/C3H7O6P.2Na/c4-1-3(5)2-9-10(6,7)8;;/h3H,1-2H2,(H2,6,7,8);;/q-2;2*+1. The van der Waals surface area contributed by atoms with Crippen LogP contribution in [0.2, 0.25) is 0 Å². The van der Waals surface area contributed by atoms with E-state index in [1.165, 1.54) is 0 Å². The molecule has 2 N–H and O–H groups in total. The molecular weight excluding hydrogens is 209 g/mol. The van der Waals surface area contributed by atoms with E-state index < -0.39 is 27.1 Å². The number of rotatable bonds is 4. The van der Waals surface area contributed by atoms with Crippen LogP contribution < -0.4 is 69.3 Å². The monoisotopic (exact) mass is 216 g/mol. The van der Waals surface area contributed by atoms with Crippen LogP contribution in [0.15, 0.2) is 0 Å². The van der Waals surface area contributed by atoms with Crippen LogP contribution in [0.25, 0.3) is 0 Å². The van der Waals surface area contributed by atoms with Gasteiger partial charge in [-0.15, -0.1) is 6.10 Å². The largest absolute Gasteiger partial charge is 1.00 e. The molecule has 1 atom stereocenters. The van der Waals surface area contributed by atoms with Crippen LogP contribution in [0.3, 0.4) is 0 Å². The topological polar surface area (TPSA) is 113 Å². The van der Waals surface area contributed by atoms with Crippen molar-refractivity contribution in [2.75, 3.05) is 13.2 Å². The van der Waals surface area contributed by atoms with E-state index >= 15 is 0 Å². The summed E-state index contributed by atoms with van der Waals surface area (Å²) in [5.41, 5.74) is 0. The molecule has 0 amide bonds. The number of phosphoric ester groups is 1. The first kappa shape index (κ1) is 19.6. The van der Waals surface area contributed by atoms with Gasteiger partial charge in [0, 0.05) is 6.61 Å². The van der Waals surface area contributed by atoms with Gasteiger partial charge in [0.05, 0.1) is 0 Å². The van der Waals surface area contributed by atoms with Crippen LogP contribution in [0, 0.1) is 0 Å². The fraction of sp³-hybridized carbons (Fsp3) is 1.00. The van der Waals surface area contributed by atoms with E-state index in [0.29, 0.717) is 0 Å². The van der Waals surface area contributed by atoms with Crippen molar-refractivity contribution >= 4 is 7.82 Å². The number of hydrogen-bond acceptors (Lipinski definition) is 4. The van der Waals surface area contributed by atoms with Crippen LogP contribution >= 0.6 is 7.82 Å². The van der Waals surface area contributed by atoms with Gasteiger partial charge in [0.15, 0.2) is 0 Å². The van der Waals surface area contributed by atoms with Crippen LogP contribution in [0.1, 0.15) is 0 Å². The summed E-state index contributed by atoms with van der Waals surface area (Å²) in [6, 6.07) is 0. The molecule has 0 fully saturated rings. The zero-order valence-corrected chi connectivity index (χ0v) is 11.9. The molecule has 12 heavy (non-hydrogen) atoms. The minimum Gasteiger partial charge on any atom is -0.855 e. The molecule has 1 unspecified atom stereocenters. The molecule has 0 rings (SSSR count). The van der Waals surface area contributed by atoms with Crippen LogP contribution in [-0.2, 0) is 9.09 Å². The quantitative estimate of drug-likeness (QED) is 0.356. The van der Waals surface area contributed by atoms with Crippen molar-refractivity contribution in [3.8, 4) is 0 Å². The van der Waals surface area contributed by atoms with Gasteiger partial charge in [0.25, 0.3) is 0 Å². The summed E-state index contributed by atoms with van der Waals surface area (Å²) in [5.74, 6) is 0. The molecule has 0 radical (unpaired) electrons. The first-order valence-electron chi connectivity index (χ1n) is 2.39. The second kappa shape index (κ2) is 9.58. The maximum atomic E-state index is 10.2. The normalized spacial score (nSPS) is 12.7. The van der Waals surface area contributed by atoms with E-state index in [1.54, 1.807) is 0 Å². The molecule has 0 aromatic carbocycles. The summed E-state index contributed by atoms with van der Waals surface area (Å²) < 4.78 is 13.6. The van der Waals surface area contributed by atoms with E-state index in [4.69, 9.17) is 9.79 Å². The minimum atomic E-state index is -4.57. The Hall–Kier alpha value is 2.03. The first-order chi connectivity index (χ1) is 4.45. The fourth-order valence-electron chi connectivity index (χ4n) is 0.228. The van der Waals surface area contributed by atoms with Gasteiger partial charge in [-0.3, -0.25) is 4.52 Å². The molecule has 62 valence electrons. The van der Waals surface area contributed by atoms with Crippen molar-refractivity contribution in [1.29, 1.82) is 0 Å². The Bertz CT molecular complexity index is 137. The molecule has 6 nitrogen and oxygen atoms in total. The van der Waals surface area contributed by atoms with Crippen LogP contribution in [0.5, 0.6) is 0 Å². The second-order valence-corrected chi connectivity index (χ2v) is 2.81. The number of phosphoric acid groups is 1. The van der Waals surface area contributed by atoms with Gasteiger partial charge in [0.2, 0.25) is 0 Å². The van der Waals surface area contributed by atoms with Crippen molar-refractivity contribution < 1.29 is 88.2 Å². The Morgan fingerprint density at radius 3 is 2.08 bits per heavy atom. The van der Waals surface area contributed by atoms with E-state index in [9.17, 15) is 14.8 Å². The predicted octanol–water partition coefficient (Wildman–Crippen LogP) is -8.81. The molecule has 0 spiro atoms. The third-order valence-electron chi connectivity index (χ3n) is 0.614. The maximum Gasteiger partial charge on any atom is 1.00 e. The molecule has 0 aromatic rings. The summed E-state index contributed by atoms with van der Waals surface area (Å²) in [6.07, 6.45) is -1.60. The zero-order chi connectivity index (χ0) is 8.20. The predicted molar refractivity (Wildman–Crippen MR) is 26.7 cm³/mol. The molecule has 0 heterocycles. The third kappa shape index (κ3) is 14.5. The molecule has 0 aliphatic heterocycles. The Morgan fingerprint density at radius 1 is 1.42 bits per heavy atom. The Labute approximate surface area is 114 Å². The fourth-order valence-corrected chi connectivity index (χ4v) is 0.589. The van der Waals surface area contributed by atoms with Gasteiger partial charge in [0.1, 0.15) is 0 Å². The van der Waals surface area contributed by atoms with Crippen LogP contribution in [0.4, 0.5) is 0 Å². The van der Waals surface area contributed by atoms with Gasteiger partial charge in [-0.05, 0) is 0 Å². The summed E-state index contributed by atoms with van der Waals surface area (Å²) >= 11 is 0. The van der Waals surface area contributed by atoms with Crippen molar-refractivity contribution in [2.24, 2.45) is 0 Å². The molecule has 0 aliphatic rings. The minimum absolute atomic E-state index is 0. The van der Waals surface area contributed by atoms with Crippen LogP contribution in [-0.4, -0.2) is 29.1 Å². The average molecular weight is 216 g/mol. The van der Waals surface area contributed by atoms with Gasteiger partial charge in [-0.25, -0.2) is 4.57 Å². The molecule has 0 aliphatic carbocycles. The van der Waals surface area contributed by atoms with Crippen molar-refractivity contribution in [3.05, 3.63) is 0 Å². The molecule has 0 saturated carbocycles. The average Bonchev–Trinajstić information content (AvgIpc) is 1.81. The third-order valence-corrected chi connectivity index (χ3v) is 1.10. The Kier molecular flexibility index (Phi) is 15.6. The van der Waals surface area contributed by atoms with E-state index in [2.05, 4.69) is 4.52 Å². The summed E-state index contributed by atoms with van der Waals surface area (Å²) in [7, 11) is -4.57.